The van der Waals surface area contributed by atoms with Gasteiger partial charge in [-0.1, -0.05) is 43.0 Å². The first-order valence-electron chi connectivity index (χ1n) is 10.3. The molecule has 2 saturated heterocycles. The summed E-state index contributed by atoms with van der Waals surface area (Å²) < 4.78 is 5.47. The monoisotopic (exact) mass is 435 g/mol. The number of rotatable bonds is 7. The normalized spacial score (nSPS) is 18.6. The molecule has 2 aromatic carbocycles. The Kier molecular flexibility index (Phi) is 6.74. The van der Waals surface area contributed by atoms with E-state index in [9.17, 15) is 9.59 Å². The SMILES string of the molecule is C=CCOc1ccc(C=C2SC(=O)N(CN3CCN(c4ccccc4)CC3)C2=O)cc1. The zero-order valence-corrected chi connectivity index (χ0v) is 18.1. The Morgan fingerprint density at radius 1 is 0.968 bits per heavy atom. The van der Waals surface area contributed by atoms with E-state index in [-0.39, 0.29) is 11.1 Å². The summed E-state index contributed by atoms with van der Waals surface area (Å²) in [5.74, 6) is 0.507. The second-order valence-corrected chi connectivity index (χ2v) is 8.35. The van der Waals surface area contributed by atoms with E-state index in [1.54, 1.807) is 12.2 Å². The molecule has 160 valence electrons. The second-order valence-electron chi connectivity index (χ2n) is 7.36. The van der Waals surface area contributed by atoms with Crippen molar-refractivity contribution >= 4 is 34.7 Å². The van der Waals surface area contributed by atoms with Gasteiger partial charge in [-0.3, -0.25) is 19.4 Å². The molecule has 2 amide bonds. The molecule has 0 radical (unpaired) electrons. The van der Waals surface area contributed by atoms with Gasteiger partial charge in [0, 0.05) is 31.9 Å². The fraction of sp³-hybridized carbons (Fsp3) is 0.250. The Labute approximate surface area is 186 Å². The minimum atomic E-state index is -0.229. The van der Waals surface area contributed by atoms with Gasteiger partial charge in [-0.15, -0.1) is 0 Å². The molecule has 0 bridgehead atoms. The smallest absolute Gasteiger partial charge is 0.294 e. The lowest BCUT2D eigenvalue weighted by atomic mass is 10.2. The third kappa shape index (κ3) is 5.18. The number of imide groups is 1. The van der Waals surface area contributed by atoms with Gasteiger partial charge in [0.2, 0.25) is 0 Å². The largest absolute Gasteiger partial charge is 0.490 e. The zero-order valence-electron chi connectivity index (χ0n) is 17.3. The minimum Gasteiger partial charge on any atom is -0.490 e. The molecule has 0 aromatic heterocycles. The van der Waals surface area contributed by atoms with Crippen LogP contribution in [0.5, 0.6) is 5.75 Å². The molecule has 2 aliphatic heterocycles. The van der Waals surface area contributed by atoms with Crippen molar-refractivity contribution in [3.05, 3.63) is 77.7 Å². The van der Waals surface area contributed by atoms with E-state index < -0.39 is 0 Å². The summed E-state index contributed by atoms with van der Waals surface area (Å²) in [6, 6.07) is 17.7. The van der Waals surface area contributed by atoms with Gasteiger partial charge >= 0.3 is 0 Å². The van der Waals surface area contributed by atoms with Crippen molar-refractivity contribution in [1.82, 2.24) is 9.80 Å². The predicted molar refractivity (Wildman–Crippen MR) is 125 cm³/mol. The van der Waals surface area contributed by atoms with Gasteiger partial charge in [0.05, 0.1) is 11.6 Å². The van der Waals surface area contributed by atoms with Crippen molar-refractivity contribution < 1.29 is 14.3 Å². The molecule has 0 atom stereocenters. The van der Waals surface area contributed by atoms with E-state index in [1.165, 1.54) is 10.6 Å². The lowest BCUT2D eigenvalue weighted by Gasteiger charge is -2.37. The van der Waals surface area contributed by atoms with Gasteiger partial charge in [0.25, 0.3) is 11.1 Å². The van der Waals surface area contributed by atoms with Crippen LogP contribution < -0.4 is 9.64 Å². The highest BCUT2D eigenvalue weighted by Crippen LogP contribution is 2.32. The maximum absolute atomic E-state index is 12.8. The van der Waals surface area contributed by atoms with Crippen LogP contribution in [-0.2, 0) is 4.79 Å². The summed E-state index contributed by atoms with van der Waals surface area (Å²) in [7, 11) is 0. The number of anilines is 1. The van der Waals surface area contributed by atoms with Gasteiger partial charge in [-0.2, -0.15) is 0 Å². The Morgan fingerprint density at radius 2 is 1.68 bits per heavy atom. The van der Waals surface area contributed by atoms with Gasteiger partial charge in [0.1, 0.15) is 12.4 Å². The molecule has 0 aliphatic carbocycles. The number of para-hydroxylation sites is 1. The van der Waals surface area contributed by atoms with Crippen LogP contribution in [-0.4, -0.2) is 60.4 Å². The molecule has 0 spiro atoms. The van der Waals surface area contributed by atoms with Crippen LogP contribution in [0, 0.1) is 0 Å². The summed E-state index contributed by atoms with van der Waals surface area (Å²) in [6.07, 6.45) is 3.45. The number of amides is 2. The number of benzene rings is 2. The van der Waals surface area contributed by atoms with Crippen LogP contribution in [0.2, 0.25) is 0 Å². The molecule has 7 heteroatoms. The predicted octanol–water partition coefficient (Wildman–Crippen LogP) is 4.07. The second kappa shape index (κ2) is 9.85. The molecule has 4 rings (SSSR count). The van der Waals surface area contributed by atoms with E-state index in [4.69, 9.17) is 4.74 Å². The van der Waals surface area contributed by atoms with Crippen LogP contribution in [0.4, 0.5) is 10.5 Å². The molecule has 0 unspecified atom stereocenters. The Morgan fingerprint density at radius 3 is 2.35 bits per heavy atom. The fourth-order valence-corrected chi connectivity index (χ4v) is 4.41. The van der Waals surface area contributed by atoms with Gasteiger partial charge < -0.3 is 9.64 Å². The highest BCUT2D eigenvalue weighted by atomic mass is 32.2. The number of carbonyl (C=O) groups excluding carboxylic acids is 2. The van der Waals surface area contributed by atoms with Crippen molar-refractivity contribution in [2.24, 2.45) is 0 Å². The van der Waals surface area contributed by atoms with E-state index in [1.807, 2.05) is 42.5 Å². The first-order valence-corrected chi connectivity index (χ1v) is 11.1. The molecule has 2 aliphatic rings. The number of hydrogen-bond donors (Lipinski definition) is 0. The van der Waals surface area contributed by atoms with Gasteiger partial charge in [0.15, 0.2) is 0 Å². The quantitative estimate of drug-likeness (QED) is 0.483. The number of hydrogen-bond acceptors (Lipinski definition) is 6. The fourth-order valence-electron chi connectivity index (χ4n) is 3.58. The summed E-state index contributed by atoms with van der Waals surface area (Å²) in [5.41, 5.74) is 2.06. The standard InChI is InChI=1S/C24H25N3O3S/c1-2-16-30-21-10-8-19(9-11-21)17-22-23(28)27(24(29)31-22)18-25-12-14-26(15-13-25)20-6-4-3-5-7-20/h2-11,17H,1,12-16,18H2. The first-order chi connectivity index (χ1) is 15.1. The van der Waals surface area contributed by atoms with E-state index in [2.05, 4.69) is 28.5 Å². The van der Waals surface area contributed by atoms with Crippen molar-refractivity contribution in [3.63, 3.8) is 0 Å². The van der Waals surface area contributed by atoms with Crippen molar-refractivity contribution in [2.75, 3.05) is 44.4 Å². The topological polar surface area (TPSA) is 53.1 Å². The minimum absolute atomic E-state index is 0.215. The molecule has 2 heterocycles. The number of piperazine rings is 1. The number of thioether (sulfide) groups is 1. The summed E-state index contributed by atoms with van der Waals surface area (Å²) in [4.78, 5) is 31.6. The molecule has 6 nitrogen and oxygen atoms in total. The maximum Gasteiger partial charge on any atom is 0.294 e. The molecular formula is C24H25N3O3S. The van der Waals surface area contributed by atoms with Crippen molar-refractivity contribution in [1.29, 1.82) is 0 Å². The molecule has 2 aromatic rings. The maximum atomic E-state index is 12.8. The average molecular weight is 436 g/mol. The highest BCUT2D eigenvalue weighted by molar-refractivity contribution is 8.18. The van der Waals surface area contributed by atoms with E-state index >= 15 is 0 Å². The summed E-state index contributed by atoms with van der Waals surface area (Å²) >= 11 is 0.998. The number of ether oxygens (including phenoxy) is 1. The Balaban J connectivity index is 1.34. The first kappa shape index (κ1) is 21.2. The van der Waals surface area contributed by atoms with E-state index in [0.717, 1.165) is 49.3 Å². The molecular weight excluding hydrogens is 410 g/mol. The van der Waals surface area contributed by atoms with Crippen LogP contribution >= 0.6 is 11.8 Å². The zero-order chi connectivity index (χ0) is 21.6. The van der Waals surface area contributed by atoms with Crippen LogP contribution in [0.3, 0.4) is 0 Å². The van der Waals surface area contributed by atoms with Crippen molar-refractivity contribution in [3.8, 4) is 5.75 Å². The molecule has 31 heavy (non-hydrogen) atoms. The third-order valence-electron chi connectivity index (χ3n) is 5.25. The molecule has 0 saturated carbocycles. The summed E-state index contributed by atoms with van der Waals surface area (Å²) in [5, 5.41) is -0.215. The van der Waals surface area contributed by atoms with Crippen molar-refractivity contribution in [2.45, 2.75) is 0 Å². The lowest BCUT2D eigenvalue weighted by molar-refractivity contribution is -0.124. The summed E-state index contributed by atoms with van der Waals surface area (Å²) in [6.45, 7) is 7.76. The van der Waals surface area contributed by atoms with Gasteiger partial charge in [-0.05, 0) is 47.7 Å². The average Bonchev–Trinajstić information content (AvgIpc) is 3.07. The molecule has 0 N–H and O–H groups in total. The Hall–Kier alpha value is -3.03. The highest BCUT2D eigenvalue weighted by Gasteiger charge is 2.36. The number of carbonyl (C=O) groups is 2. The lowest BCUT2D eigenvalue weighted by Crippen LogP contribution is -2.50. The van der Waals surface area contributed by atoms with Crippen LogP contribution in [0.1, 0.15) is 5.56 Å². The van der Waals surface area contributed by atoms with Crippen LogP contribution in [0.15, 0.2) is 72.2 Å². The van der Waals surface area contributed by atoms with E-state index in [0.29, 0.717) is 18.2 Å². The third-order valence-corrected chi connectivity index (χ3v) is 6.16. The van der Waals surface area contributed by atoms with Gasteiger partial charge in [-0.25, -0.2) is 0 Å². The van der Waals surface area contributed by atoms with Crippen LogP contribution in [0.25, 0.3) is 6.08 Å². The number of nitrogens with zero attached hydrogens (tertiary/aromatic N) is 3. The Bertz CT molecular complexity index is 967. The molecule has 2 fully saturated rings.